The number of rotatable bonds is 15. The van der Waals surface area contributed by atoms with Crippen molar-refractivity contribution in [2.45, 2.75) is 86.1 Å². The summed E-state index contributed by atoms with van der Waals surface area (Å²) in [5.74, 6) is -0.170. The highest BCUT2D eigenvalue weighted by Crippen LogP contribution is 2.14. The number of carboxylic acids is 1. The van der Waals surface area contributed by atoms with Gasteiger partial charge in [-0.15, -0.1) is 0 Å². The van der Waals surface area contributed by atoms with Gasteiger partial charge in [0.05, 0.1) is 0 Å². The van der Waals surface area contributed by atoms with Crippen molar-refractivity contribution in [2.75, 3.05) is 11.5 Å². The Labute approximate surface area is 188 Å². The van der Waals surface area contributed by atoms with E-state index in [2.05, 4.69) is 64.2 Å². The molecule has 0 heterocycles. The molecule has 2 N–H and O–H groups in total. The van der Waals surface area contributed by atoms with E-state index in [-0.39, 0.29) is 5.91 Å². The molecule has 0 fully saturated rings. The van der Waals surface area contributed by atoms with Crippen LogP contribution < -0.4 is 5.32 Å². The van der Waals surface area contributed by atoms with Gasteiger partial charge in [0.1, 0.15) is 6.04 Å². The van der Waals surface area contributed by atoms with Gasteiger partial charge in [0, 0.05) is 18.4 Å². The quantitative estimate of drug-likeness (QED) is 0.229. The number of hydrogen-bond donors (Lipinski definition) is 2. The molecule has 5 heteroatoms. The maximum absolute atomic E-state index is 11.1. The standard InChI is InChI=1S/C25H41NO3S/c1-19(2)10-7-11-20(3)12-8-13-21(4)14-9-15-22(5)16-17-30-18-24(25(28)29)26-23(6)27/h10,12,14,16,24H,7-9,11,13,15,17-18H2,1-6H3,(H,26,27)(H,28,29)/t24-/m0/s1. The molecule has 0 aromatic rings. The third-order valence-corrected chi connectivity index (χ3v) is 5.64. The summed E-state index contributed by atoms with van der Waals surface area (Å²) < 4.78 is 0. The Kier molecular flexibility index (Phi) is 16.0. The SMILES string of the molecule is CC(=O)N[C@@H](CSCC=C(C)CCC=C(C)CCC=C(C)CCC=C(C)C)C(=O)O. The van der Waals surface area contributed by atoms with Gasteiger partial charge in [0.15, 0.2) is 0 Å². The van der Waals surface area contributed by atoms with Gasteiger partial charge in [0.2, 0.25) is 5.91 Å². The molecule has 30 heavy (non-hydrogen) atoms. The number of aliphatic carboxylic acids is 1. The first-order valence-corrected chi connectivity index (χ1v) is 11.9. The summed E-state index contributed by atoms with van der Waals surface area (Å²) in [5, 5.41) is 11.6. The summed E-state index contributed by atoms with van der Waals surface area (Å²) in [7, 11) is 0. The van der Waals surface area contributed by atoms with Gasteiger partial charge in [0.25, 0.3) is 0 Å². The Balaban J connectivity index is 4.12. The van der Waals surface area contributed by atoms with Crippen LogP contribution in [-0.2, 0) is 9.59 Å². The second kappa shape index (κ2) is 17.0. The van der Waals surface area contributed by atoms with E-state index in [1.165, 1.54) is 41.0 Å². The number of allylic oxidation sites excluding steroid dienone is 7. The van der Waals surface area contributed by atoms with Crippen molar-refractivity contribution in [1.29, 1.82) is 0 Å². The summed E-state index contributed by atoms with van der Waals surface area (Å²) in [6.45, 7) is 12.2. The zero-order valence-electron chi connectivity index (χ0n) is 19.7. The minimum atomic E-state index is -0.989. The third kappa shape index (κ3) is 17.1. The molecule has 1 atom stereocenters. The highest BCUT2D eigenvalue weighted by atomic mass is 32.2. The Bertz CT molecular complexity index is 655. The number of carbonyl (C=O) groups excluding carboxylic acids is 1. The Hall–Kier alpha value is -1.75. The zero-order chi connectivity index (χ0) is 22.9. The Morgan fingerprint density at radius 3 is 1.70 bits per heavy atom. The molecule has 0 rings (SSSR count). The predicted octanol–water partition coefficient (Wildman–Crippen LogP) is 6.45. The topological polar surface area (TPSA) is 66.4 Å². The summed E-state index contributed by atoms with van der Waals surface area (Å²) in [4.78, 5) is 22.1. The van der Waals surface area contributed by atoms with Gasteiger partial charge in [-0.3, -0.25) is 4.79 Å². The fraction of sp³-hybridized carbons (Fsp3) is 0.600. The lowest BCUT2D eigenvalue weighted by atomic mass is 10.0. The van der Waals surface area contributed by atoms with Crippen LogP contribution in [0.3, 0.4) is 0 Å². The highest BCUT2D eigenvalue weighted by molar-refractivity contribution is 7.99. The molecule has 170 valence electrons. The second-order valence-corrected chi connectivity index (χ2v) is 9.25. The molecular weight excluding hydrogens is 394 g/mol. The van der Waals surface area contributed by atoms with Crippen molar-refractivity contribution in [1.82, 2.24) is 5.32 Å². The molecule has 0 aliphatic rings. The summed E-state index contributed by atoms with van der Waals surface area (Å²) in [6.07, 6.45) is 15.7. The average molecular weight is 436 g/mol. The number of nitrogens with one attached hydrogen (secondary N) is 1. The van der Waals surface area contributed by atoms with Crippen LogP contribution in [0.5, 0.6) is 0 Å². The lowest BCUT2D eigenvalue weighted by Crippen LogP contribution is -2.41. The zero-order valence-corrected chi connectivity index (χ0v) is 20.5. The molecule has 0 saturated carbocycles. The minimum Gasteiger partial charge on any atom is -0.480 e. The Morgan fingerprint density at radius 2 is 1.27 bits per heavy atom. The smallest absolute Gasteiger partial charge is 0.327 e. The molecule has 0 aliphatic carbocycles. The monoisotopic (exact) mass is 435 g/mol. The summed E-state index contributed by atoms with van der Waals surface area (Å²) >= 11 is 1.52. The number of amides is 1. The third-order valence-electron chi connectivity index (χ3n) is 4.66. The normalized spacial score (nSPS) is 13.7. The van der Waals surface area contributed by atoms with E-state index in [0.29, 0.717) is 5.75 Å². The molecule has 0 aliphatic heterocycles. The molecule has 0 aromatic carbocycles. The maximum atomic E-state index is 11.1. The Morgan fingerprint density at radius 1 is 0.800 bits per heavy atom. The van der Waals surface area contributed by atoms with Gasteiger partial charge in [-0.25, -0.2) is 4.79 Å². The van der Waals surface area contributed by atoms with E-state index in [0.717, 1.165) is 44.3 Å². The van der Waals surface area contributed by atoms with Crippen molar-refractivity contribution in [3.63, 3.8) is 0 Å². The lowest BCUT2D eigenvalue weighted by Gasteiger charge is -2.12. The van der Waals surface area contributed by atoms with Crippen molar-refractivity contribution in [3.8, 4) is 0 Å². The van der Waals surface area contributed by atoms with Crippen LogP contribution in [-0.4, -0.2) is 34.5 Å². The number of carbonyl (C=O) groups is 2. The van der Waals surface area contributed by atoms with Crippen LogP contribution in [0.4, 0.5) is 0 Å². The van der Waals surface area contributed by atoms with Gasteiger partial charge >= 0.3 is 5.97 Å². The minimum absolute atomic E-state index is 0.314. The van der Waals surface area contributed by atoms with Crippen LogP contribution in [0.25, 0.3) is 0 Å². The number of carboxylic acid groups (broad SMARTS) is 1. The molecular formula is C25H41NO3S. The molecule has 0 aromatic heterocycles. The van der Waals surface area contributed by atoms with Gasteiger partial charge in [-0.2, -0.15) is 11.8 Å². The van der Waals surface area contributed by atoms with E-state index in [1.807, 2.05) is 0 Å². The second-order valence-electron chi connectivity index (χ2n) is 8.18. The van der Waals surface area contributed by atoms with Crippen LogP contribution in [0.1, 0.15) is 80.1 Å². The van der Waals surface area contributed by atoms with Crippen LogP contribution in [0, 0.1) is 0 Å². The average Bonchev–Trinajstić information content (AvgIpc) is 2.63. The first-order valence-electron chi connectivity index (χ1n) is 10.8. The predicted molar refractivity (Wildman–Crippen MR) is 131 cm³/mol. The van der Waals surface area contributed by atoms with Gasteiger partial charge in [-0.1, -0.05) is 46.6 Å². The maximum Gasteiger partial charge on any atom is 0.327 e. The van der Waals surface area contributed by atoms with Crippen molar-refractivity contribution >= 4 is 23.6 Å². The van der Waals surface area contributed by atoms with E-state index in [9.17, 15) is 9.59 Å². The van der Waals surface area contributed by atoms with E-state index in [4.69, 9.17) is 5.11 Å². The van der Waals surface area contributed by atoms with Gasteiger partial charge in [-0.05, 0) is 73.1 Å². The molecule has 0 unspecified atom stereocenters. The van der Waals surface area contributed by atoms with E-state index >= 15 is 0 Å². The molecule has 0 bridgehead atoms. The fourth-order valence-electron chi connectivity index (χ4n) is 2.79. The van der Waals surface area contributed by atoms with Crippen LogP contribution >= 0.6 is 11.8 Å². The molecule has 0 saturated heterocycles. The summed E-state index contributed by atoms with van der Waals surface area (Å²) in [6, 6.07) is -0.822. The van der Waals surface area contributed by atoms with Crippen LogP contribution in [0.2, 0.25) is 0 Å². The molecule has 0 spiro atoms. The first-order chi connectivity index (χ1) is 14.1. The van der Waals surface area contributed by atoms with E-state index < -0.39 is 12.0 Å². The van der Waals surface area contributed by atoms with E-state index in [1.54, 1.807) is 0 Å². The number of hydrogen-bond acceptors (Lipinski definition) is 3. The molecule has 4 nitrogen and oxygen atoms in total. The molecule has 0 radical (unpaired) electrons. The first kappa shape index (κ1) is 28.2. The van der Waals surface area contributed by atoms with Gasteiger partial charge < -0.3 is 10.4 Å². The van der Waals surface area contributed by atoms with Crippen molar-refractivity contribution in [3.05, 3.63) is 46.6 Å². The van der Waals surface area contributed by atoms with Crippen LogP contribution in [0.15, 0.2) is 46.6 Å². The number of thioether (sulfide) groups is 1. The lowest BCUT2D eigenvalue weighted by molar-refractivity contribution is -0.140. The largest absolute Gasteiger partial charge is 0.480 e. The van der Waals surface area contributed by atoms with Crippen molar-refractivity contribution in [2.24, 2.45) is 0 Å². The van der Waals surface area contributed by atoms with Crippen molar-refractivity contribution < 1.29 is 14.7 Å². The molecule has 1 amide bonds. The fourth-order valence-corrected chi connectivity index (χ4v) is 3.79. The summed E-state index contributed by atoms with van der Waals surface area (Å²) in [5.41, 5.74) is 5.61. The highest BCUT2D eigenvalue weighted by Gasteiger charge is 2.17.